The van der Waals surface area contributed by atoms with Crippen LogP contribution < -0.4 is 0 Å². The zero-order chi connectivity index (χ0) is 21.9. The fraction of sp³-hybridized carbons (Fsp3) is 0.500. The van der Waals surface area contributed by atoms with Crippen molar-refractivity contribution in [3.05, 3.63) is 70.2 Å². The van der Waals surface area contributed by atoms with Gasteiger partial charge in [0.2, 0.25) is 0 Å². The van der Waals surface area contributed by atoms with Crippen molar-refractivity contribution in [1.82, 2.24) is 4.90 Å². The summed E-state index contributed by atoms with van der Waals surface area (Å²) >= 11 is 6.30. The molecule has 0 amide bonds. The van der Waals surface area contributed by atoms with Gasteiger partial charge < -0.3 is 10.0 Å². The molecule has 2 nitrogen and oxygen atoms in total. The first-order valence-corrected chi connectivity index (χ1v) is 10.8. The summed E-state index contributed by atoms with van der Waals surface area (Å²) in [4.78, 5) is 2.01. The van der Waals surface area contributed by atoms with Crippen molar-refractivity contribution in [3.63, 3.8) is 0 Å². The number of nitrogens with zero attached hydrogens (tertiary/aromatic N) is 1. The fourth-order valence-corrected chi connectivity index (χ4v) is 5.05. The first-order chi connectivity index (χ1) is 14.1. The molecule has 0 spiro atoms. The summed E-state index contributed by atoms with van der Waals surface area (Å²) < 4.78 is 39.0. The zero-order valence-corrected chi connectivity index (χ0v) is 18.2. The number of aryl methyl sites for hydroxylation is 1. The molecule has 0 saturated heterocycles. The van der Waals surface area contributed by atoms with E-state index in [9.17, 15) is 18.3 Å². The van der Waals surface area contributed by atoms with Crippen molar-refractivity contribution >= 4 is 11.6 Å². The van der Waals surface area contributed by atoms with E-state index in [0.717, 1.165) is 42.5 Å². The molecule has 2 aromatic carbocycles. The second-order valence-electron chi connectivity index (χ2n) is 8.58. The number of benzene rings is 2. The first-order valence-electron chi connectivity index (χ1n) is 10.4. The van der Waals surface area contributed by atoms with Crippen LogP contribution in [-0.4, -0.2) is 29.7 Å². The van der Waals surface area contributed by atoms with Gasteiger partial charge >= 0.3 is 6.18 Å². The number of alkyl halides is 3. The maximum absolute atomic E-state index is 13.0. The number of halogens is 4. The van der Waals surface area contributed by atoms with Crippen LogP contribution in [0.15, 0.2) is 48.5 Å². The molecule has 1 aliphatic rings. The number of hydrogen-bond acceptors (Lipinski definition) is 2. The third kappa shape index (κ3) is 5.19. The molecule has 0 heterocycles. The summed E-state index contributed by atoms with van der Waals surface area (Å²) in [6.07, 6.45) is 0.363. The monoisotopic (exact) mass is 439 g/mol. The van der Waals surface area contributed by atoms with Gasteiger partial charge in [-0.15, -0.1) is 0 Å². The molecular formula is C24H29ClF3NO. The minimum atomic E-state index is -4.35. The van der Waals surface area contributed by atoms with E-state index >= 15 is 0 Å². The van der Waals surface area contributed by atoms with Crippen molar-refractivity contribution in [1.29, 1.82) is 0 Å². The predicted octanol–water partition coefficient (Wildman–Crippen LogP) is 6.52. The lowest BCUT2D eigenvalue weighted by atomic mass is 9.67. The summed E-state index contributed by atoms with van der Waals surface area (Å²) in [6.45, 7) is 0. The van der Waals surface area contributed by atoms with Crippen LogP contribution in [0.3, 0.4) is 0 Å². The zero-order valence-electron chi connectivity index (χ0n) is 17.4. The van der Waals surface area contributed by atoms with E-state index in [1.165, 1.54) is 0 Å². The van der Waals surface area contributed by atoms with Crippen LogP contribution in [0.5, 0.6) is 0 Å². The maximum Gasteiger partial charge on any atom is 0.416 e. The third-order valence-electron chi connectivity index (χ3n) is 6.37. The highest BCUT2D eigenvalue weighted by Gasteiger charge is 2.44. The second kappa shape index (κ2) is 9.29. The molecule has 1 saturated carbocycles. The highest BCUT2D eigenvalue weighted by molar-refractivity contribution is 6.31. The molecule has 0 radical (unpaired) electrons. The largest absolute Gasteiger partial charge is 0.416 e. The lowest BCUT2D eigenvalue weighted by Crippen LogP contribution is -2.47. The van der Waals surface area contributed by atoms with Crippen LogP contribution in [-0.2, 0) is 12.6 Å². The topological polar surface area (TPSA) is 23.5 Å². The van der Waals surface area contributed by atoms with Gasteiger partial charge in [0.1, 0.15) is 0 Å². The molecule has 0 aliphatic heterocycles. The summed E-state index contributed by atoms with van der Waals surface area (Å²) in [5.74, 6) is -0.0690. The Morgan fingerprint density at radius 3 is 2.37 bits per heavy atom. The van der Waals surface area contributed by atoms with Crippen molar-refractivity contribution < 1.29 is 18.3 Å². The predicted molar refractivity (Wildman–Crippen MR) is 115 cm³/mol. The Hall–Kier alpha value is -1.56. The molecule has 3 atom stereocenters. The van der Waals surface area contributed by atoms with Gasteiger partial charge in [-0.1, -0.05) is 54.8 Å². The lowest BCUT2D eigenvalue weighted by molar-refractivity contribution is -0.137. The average Bonchev–Trinajstić information content (AvgIpc) is 2.69. The average molecular weight is 440 g/mol. The second-order valence-corrected chi connectivity index (χ2v) is 8.98. The Balaban J connectivity index is 1.86. The molecular weight excluding hydrogens is 411 g/mol. The van der Waals surface area contributed by atoms with Gasteiger partial charge in [0, 0.05) is 17.0 Å². The van der Waals surface area contributed by atoms with Crippen LogP contribution in [0.2, 0.25) is 5.02 Å². The Bertz CT molecular complexity index is 837. The standard InChI is InChI=1S/C24H29ClF3NO/c1-29(2)22(18-10-12-19(13-11-18)24(26,27)28)20-8-5-6-15-23(20,30)16-14-17-7-3-4-9-21(17)25/h3-4,7,9-13,20,22,30H,5-6,8,14-16H2,1-2H3. The van der Waals surface area contributed by atoms with Crippen LogP contribution in [0.4, 0.5) is 13.2 Å². The van der Waals surface area contributed by atoms with Gasteiger partial charge in [0.05, 0.1) is 11.2 Å². The summed E-state index contributed by atoms with van der Waals surface area (Å²) in [5.41, 5.74) is 0.264. The molecule has 1 fully saturated rings. The van der Waals surface area contributed by atoms with Gasteiger partial charge in [-0.3, -0.25) is 0 Å². The Morgan fingerprint density at radius 2 is 1.77 bits per heavy atom. The highest BCUT2D eigenvalue weighted by Crippen LogP contribution is 2.46. The minimum Gasteiger partial charge on any atom is -0.390 e. The van der Waals surface area contributed by atoms with Crippen LogP contribution in [0.25, 0.3) is 0 Å². The molecule has 30 heavy (non-hydrogen) atoms. The van der Waals surface area contributed by atoms with E-state index in [1.54, 1.807) is 12.1 Å². The van der Waals surface area contributed by atoms with E-state index in [2.05, 4.69) is 0 Å². The molecule has 0 aromatic heterocycles. The molecule has 1 aliphatic carbocycles. The van der Waals surface area contributed by atoms with Gasteiger partial charge in [-0.25, -0.2) is 0 Å². The van der Waals surface area contributed by atoms with E-state index < -0.39 is 17.3 Å². The van der Waals surface area contributed by atoms with Crippen molar-refractivity contribution in [2.24, 2.45) is 5.92 Å². The number of rotatable bonds is 6. The van der Waals surface area contributed by atoms with E-state index in [4.69, 9.17) is 11.6 Å². The maximum atomic E-state index is 13.0. The molecule has 164 valence electrons. The number of hydrogen-bond donors (Lipinski definition) is 1. The normalized spacial score (nSPS) is 23.5. The summed E-state index contributed by atoms with van der Waals surface area (Å²) in [6, 6.07) is 12.9. The quantitative estimate of drug-likeness (QED) is 0.554. The lowest BCUT2D eigenvalue weighted by Gasteiger charge is -2.46. The van der Waals surface area contributed by atoms with Crippen LogP contribution >= 0.6 is 11.6 Å². The first kappa shape index (κ1) is 23.1. The van der Waals surface area contributed by atoms with Crippen LogP contribution in [0, 0.1) is 5.92 Å². The van der Waals surface area contributed by atoms with E-state index in [-0.39, 0.29) is 12.0 Å². The van der Waals surface area contributed by atoms with Crippen molar-refractivity contribution in [3.8, 4) is 0 Å². The van der Waals surface area contributed by atoms with Gasteiger partial charge in [0.15, 0.2) is 0 Å². The third-order valence-corrected chi connectivity index (χ3v) is 6.74. The van der Waals surface area contributed by atoms with Gasteiger partial charge in [-0.2, -0.15) is 13.2 Å². The molecule has 2 aromatic rings. The Kier molecular flexibility index (Phi) is 7.16. The summed E-state index contributed by atoms with van der Waals surface area (Å²) in [7, 11) is 3.84. The van der Waals surface area contributed by atoms with Crippen molar-refractivity contribution in [2.75, 3.05) is 14.1 Å². The fourth-order valence-electron chi connectivity index (χ4n) is 4.82. The molecule has 1 N–H and O–H groups in total. The van der Waals surface area contributed by atoms with Gasteiger partial charge in [0.25, 0.3) is 0 Å². The minimum absolute atomic E-state index is 0.0690. The Morgan fingerprint density at radius 1 is 1.10 bits per heavy atom. The smallest absolute Gasteiger partial charge is 0.390 e. The number of aliphatic hydroxyl groups is 1. The summed E-state index contributed by atoms with van der Waals surface area (Å²) in [5, 5.41) is 12.4. The molecule has 3 rings (SSSR count). The Labute approximate surface area is 181 Å². The molecule has 3 unspecified atom stereocenters. The van der Waals surface area contributed by atoms with Gasteiger partial charge in [-0.05, 0) is 69.1 Å². The molecule has 6 heteroatoms. The van der Waals surface area contributed by atoms with E-state index in [1.807, 2.05) is 43.3 Å². The highest BCUT2D eigenvalue weighted by atomic mass is 35.5. The molecule has 0 bridgehead atoms. The van der Waals surface area contributed by atoms with Crippen LogP contribution in [0.1, 0.15) is 54.8 Å². The SMILES string of the molecule is CN(C)C(c1ccc(C(F)(F)F)cc1)C1CCCCC1(O)CCc1ccccc1Cl. The van der Waals surface area contributed by atoms with E-state index in [0.29, 0.717) is 24.3 Å². The van der Waals surface area contributed by atoms with Crippen molar-refractivity contribution in [2.45, 2.75) is 56.3 Å².